The summed E-state index contributed by atoms with van der Waals surface area (Å²) in [5, 5.41) is 0. The van der Waals surface area contributed by atoms with Crippen molar-refractivity contribution < 1.29 is 23.8 Å². The van der Waals surface area contributed by atoms with Crippen LogP contribution in [-0.4, -0.2) is 18.5 Å². The summed E-state index contributed by atoms with van der Waals surface area (Å²) in [7, 11) is 0. The van der Waals surface area contributed by atoms with Gasteiger partial charge in [-0.25, -0.2) is 0 Å². The van der Waals surface area contributed by atoms with Crippen LogP contribution in [0.5, 0.6) is 11.5 Å². The zero-order valence-corrected chi connectivity index (χ0v) is 19.9. The molecule has 2 aromatic carbocycles. The number of para-hydroxylation sites is 1. The Kier molecular flexibility index (Phi) is 13.4. The third-order valence-corrected chi connectivity index (χ3v) is 5.30. The molecule has 33 heavy (non-hydrogen) atoms. The lowest BCUT2D eigenvalue weighted by molar-refractivity contribution is -0.146. The minimum atomic E-state index is -0.319. The van der Waals surface area contributed by atoms with Crippen LogP contribution in [-0.2, 0) is 25.7 Å². The molecule has 5 heteroatoms. The third kappa shape index (κ3) is 12.7. The fraction of sp³-hybridized carbons (Fsp3) is 0.500. The van der Waals surface area contributed by atoms with Gasteiger partial charge in [0.25, 0.3) is 0 Å². The molecule has 0 aliphatic rings. The molecular weight excluding hydrogens is 416 g/mol. The van der Waals surface area contributed by atoms with Gasteiger partial charge in [-0.2, -0.15) is 0 Å². The highest BCUT2D eigenvalue weighted by Gasteiger charge is 2.08. The first-order valence-electron chi connectivity index (χ1n) is 12.3. The van der Waals surface area contributed by atoms with E-state index >= 15 is 0 Å². The molecule has 0 radical (unpaired) electrons. The largest absolute Gasteiger partial charge is 0.466 e. The molecule has 2 rings (SSSR count). The number of hydrogen-bond donors (Lipinski definition) is 0. The van der Waals surface area contributed by atoms with Crippen LogP contribution in [0.2, 0.25) is 0 Å². The smallest absolute Gasteiger partial charge is 0.306 e. The molecule has 0 aliphatic carbocycles. The molecule has 2 aromatic rings. The minimum absolute atomic E-state index is 0.174. The highest BCUT2D eigenvalue weighted by atomic mass is 16.5. The molecule has 0 aliphatic heterocycles. The normalized spacial score (nSPS) is 10.6. The van der Waals surface area contributed by atoms with Crippen LogP contribution in [0.1, 0.15) is 83.1 Å². The second-order valence-corrected chi connectivity index (χ2v) is 8.27. The molecular formula is C28H38O5. The van der Waals surface area contributed by atoms with Crippen molar-refractivity contribution >= 4 is 11.9 Å². The molecule has 180 valence electrons. The number of esters is 2. The van der Waals surface area contributed by atoms with Gasteiger partial charge in [-0.1, -0.05) is 82.2 Å². The number of ether oxygens (including phenoxy) is 3. The van der Waals surface area contributed by atoms with E-state index in [2.05, 4.69) is 6.92 Å². The number of unbranched alkanes of at least 4 members (excludes halogenated alkanes) is 7. The van der Waals surface area contributed by atoms with E-state index in [4.69, 9.17) is 14.2 Å². The van der Waals surface area contributed by atoms with Crippen molar-refractivity contribution in [3.63, 3.8) is 0 Å². The van der Waals surface area contributed by atoms with E-state index in [0.717, 1.165) is 24.2 Å². The average Bonchev–Trinajstić information content (AvgIpc) is 2.82. The van der Waals surface area contributed by atoms with Gasteiger partial charge in [0.1, 0.15) is 18.1 Å². The van der Waals surface area contributed by atoms with Crippen LogP contribution in [0, 0.1) is 0 Å². The lowest BCUT2D eigenvalue weighted by Crippen LogP contribution is -2.09. The molecule has 5 nitrogen and oxygen atoms in total. The van der Waals surface area contributed by atoms with E-state index in [9.17, 15) is 9.59 Å². The number of hydrogen-bond acceptors (Lipinski definition) is 5. The molecule has 0 unspecified atom stereocenters. The van der Waals surface area contributed by atoms with Crippen molar-refractivity contribution in [2.45, 2.75) is 84.2 Å². The zero-order chi connectivity index (χ0) is 23.6. The maximum atomic E-state index is 12.0. The number of carbonyl (C=O) groups is 2. The fourth-order valence-corrected chi connectivity index (χ4v) is 3.43. The van der Waals surface area contributed by atoms with Crippen LogP contribution in [0.15, 0.2) is 54.6 Å². The van der Waals surface area contributed by atoms with Crippen LogP contribution in [0.3, 0.4) is 0 Å². The Morgan fingerprint density at radius 2 is 1.30 bits per heavy atom. The number of carbonyl (C=O) groups excluding carboxylic acids is 2. The summed E-state index contributed by atoms with van der Waals surface area (Å²) in [6, 6.07) is 17.0. The highest BCUT2D eigenvalue weighted by Crippen LogP contribution is 2.22. The number of benzene rings is 2. The van der Waals surface area contributed by atoms with E-state index in [-0.39, 0.29) is 31.4 Å². The van der Waals surface area contributed by atoms with E-state index < -0.39 is 0 Å². The van der Waals surface area contributed by atoms with Crippen LogP contribution in [0.4, 0.5) is 0 Å². The molecule has 0 amide bonds. The first-order chi connectivity index (χ1) is 16.2. The zero-order valence-electron chi connectivity index (χ0n) is 19.9. The maximum Gasteiger partial charge on any atom is 0.306 e. The number of rotatable bonds is 17. The second-order valence-electron chi connectivity index (χ2n) is 8.27. The Morgan fingerprint density at radius 3 is 2.03 bits per heavy atom. The van der Waals surface area contributed by atoms with E-state index in [1.807, 2.05) is 54.6 Å². The van der Waals surface area contributed by atoms with Gasteiger partial charge < -0.3 is 14.2 Å². The Hall–Kier alpha value is -2.82. The summed E-state index contributed by atoms with van der Waals surface area (Å²) in [6.45, 7) is 2.87. The van der Waals surface area contributed by atoms with Crippen molar-refractivity contribution in [2.24, 2.45) is 0 Å². The molecule has 0 saturated heterocycles. The SMILES string of the molecule is CCCCCCCCCCOC(=O)CCCC(=O)OCc1cccc(Oc2ccccc2)c1. The predicted molar refractivity (Wildman–Crippen MR) is 130 cm³/mol. The molecule has 0 aromatic heterocycles. The topological polar surface area (TPSA) is 61.8 Å². The highest BCUT2D eigenvalue weighted by molar-refractivity contribution is 5.72. The van der Waals surface area contributed by atoms with Crippen molar-refractivity contribution in [3.05, 3.63) is 60.2 Å². The summed E-state index contributed by atoms with van der Waals surface area (Å²) in [5.74, 6) is 0.881. The summed E-state index contributed by atoms with van der Waals surface area (Å²) >= 11 is 0. The van der Waals surface area contributed by atoms with Gasteiger partial charge >= 0.3 is 11.9 Å². The average molecular weight is 455 g/mol. The standard InChI is InChI=1S/C28H38O5/c1-2-3-4-5-6-7-8-12-21-31-27(29)19-14-20-28(30)32-23-24-15-13-18-26(22-24)33-25-16-10-9-11-17-25/h9-11,13,15-18,22H,2-8,12,14,19-21,23H2,1H3. The first kappa shape index (κ1) is 26.4. The second kappa shape index (κ2) is 16.8. The molecule has 0 spiro atoms. The predicted octanol–water partition coefficient (Wildman–Crippen LogP) is 7.38. The minimum Gasteiger partial charge on any atom is -0.466 e. The lowest BCUT2D eigenvalue weighted by Gasteiger charge is -2.09. The van der Waals surface area contributed by atoms with Crippen molar-refractivity contribution in [3.8, 4) is 11.5 Å². The van der Waals surface area contributed by atoms with Crippen LogP contribution >= 0.6 is 0 Å². The van der Waals surface area contributed by atoms with E-state index in [0.29, 0.717) is 18.8 Å². The van der Waals surface area contributed by atoms with Crippen molar-refractivity contribution in [1.29, 1.82) is 0 Å². The van der Waals surface area contributed by atoms with Gasteiger partial charge in [-0.15, -0.1) is 0 Å². The Labute approximate surface area is 198 Å². The Morgan fingerprint density at radius 1 is 0.667 bits per heavy atom. The quantitative estimate of drug-likeness (QED) is 0.184. The van der Waals surface area contributed by atoms with Crippen molar-refractivity contribution in [2.75, 3.05) is 6.61 Å². The molecule has 0 atom stereocenters. The van der Waals surface area contributed by atoms with Gasteiger partial charge in [-0.3, -0.25) is 9.59 Å². The molecule has 0 fully saturated rings. The lowest BCUT2D eigenvalue weighted by atomic mass is 10.1. The summed E-state index contributed by atoms with van der Waals surface area (Å²) < 4.78 is 16.4. The maximum absolute atomic E-state index is 12.0. The summed E-state index contributed by atoms with van der Waals surface area (Å²) in [5.41, 5.74) is 0.849. The van der Waals surface area contributed by atoms with Crippen LogP contribution < -0.4 is 4.74 Å². The fourth-order valence-electron chi connectivity index (χ4n) is 3.43. The van der Waals surface area contributed by atoms with E-state index in [1.54, 1.807) is 0 Å². The van der Waals surface area contributed by atoms with Gasteiger partial charge in [0, 0.05) is 12.8 Å². The van der Waals surface area contributed by atoms with Gasteiger partial charge in [-0.05, 0) is 42.7 Å². The Bertz CT molecular complexity index is 803. The van der Waals surface area contributed by atoms with E-state index in [1.165, 1.54) is 38.5 Å². The molecule has 0 bridgehead atoms. The molecule has 0 heterocycles. The molecule has 0 N–H and O–H groups in total. The monoisotopic (exact) mass is 454 g/mol. The Balaban J connectivity index is 1.51. The van der Waals surface area contributed by atoms with Crippen LogP contribution in [0.25, 0.3) is 0 Å². The third-order valence-electron chi connectivity index (χ3n) is 5.30. The van der Waals surface area contributed by atoms with Gasteiger partial charge in [0.15, 0.2) is 0 Å². The van der Waals surface area contributed by atoms with Gasteiger partial charge in [0.05, 0.1) is 6.61 Å². The van der Waals surface area contributed by atoms with Gasteiger partial charge in [0.2, 0.25) is 0 Å². The van der Waals surface area contributed by atoms with Crippen molar-refractivity contribution in [1.82, 2.24) is 0 Å². The summed E-state index contributed by atoms with van der Waals surface area (Å²) in [4.78, 5) is 23.8. The first-order valence-corrected chi connectivity index (χ1v) is 12.3. The summed E-state index contributed by atoms with van der Waals surface area (Å²) in [6.07, 6.45) is 10.6. The molecule has 0 saturated carbocycles.